The van der Waals surface area contributed by atoms with Crippen LogP contribution in [0.3, 0.4) is 0 Å². The number of nitrogens with zero attached hydrogens (tertiary/aromatic N) is 2. The van der Waals surface area contributed by atoms with Gasteiger partial charge in [-0.15, -0.1) is 0 Å². The molecule has 1 rings (SSSR count). The second-order valence-electron chi connectivity index (χ2n) is 4.99. The lowest BCUT2D eigenvalue weighted by Gasteiger charge is -2.39. The molecule has 0 aromatic heterocycles. The van der Waals surface area contributed by atoms with Gasteiger partial charge in [-0.25, -0.2) is 4.79 Å². The number of rotatable bonds is 4. The third-order valence-corrected chi connectivity index (χ3v) is 3.35. The standard InChI is InChI=1S/C11H21N3O4/c1-7(2)8(12)5-13-3-4-14(11(17)18)6-9(13)10(15)16/h7-9H,3-6,12H2,1-2H3,(H,15,16)(H,17,18)/t8?,9-/m0/s1. The molecule has 0 saturated carbocycles. The Morgan fingerprint density at radius 1 is 1.33 bits per heavy atom. The first kappa shape index (κ1) is 14.7. The van der Waals surface area contributed by atoms with Gasteiger partial charge in [-0.2, -0.15) is 0 Å². The minimum absolute atomic E-state index is 0.00448. The molecule has 1 aliphatic rings. The van der Waals surface area contributed by atoms with E-state index in [1.807, 2.05) is 13.8 Å². The number of piperazine rings is 1. The molecule has 18 heavy (non-hydrogen) atoms. The van der Waals surface area contributed by atoms with Crippen LogP contribution in [0.2, 0.25) is 0 Å². The zero-order valence-corrected chi connectivity index (χ0v) is 10.7. The molecular weight excluding hydrogens is 238 g/mol. The number of amides is 1. The Balaban J connectivity index is 2.68. The average Bonchev–Trinajstić information content (AvgIpc) is 2.28. The summed E-state index contributed by atoms with van der Waals surface area (Å²) < 4.78 is 0. The molecule has 0 aromatic rings. The van der Waals surface area contributed by atoms with Gasteiger partial charge in [0.2, 0.25) is 0 Å². The summed E-state index contributed by atoms with van der Waals surface area (Å²) in [5, 5.41) is 18.0. The molecule has 0 radical (unpaired) electrons. The Labute approximate surface area is 106 Å². The number of hydrogen-bond acceptors (Lipinski definition) is 4. The van der Waals surface area contributed by atoms with Gasteiger partial charge in [0.25, 0.3) is 0 Å². The summed E-state index contributed by atoms with van der Waals surface area (Å²) >= 11 is 0. The van der Waals surface area contributed by atoms with Crippen LogP contribution in [0.15, 0.2) is 0 Å². The summed E-state index contributed by atoms with van der Waals surface area (Å²) in [5.74, 6) is -0.742. The molecule has 0 aliphatic carbocycles. The van der Waals surface area contributed by atoms with Gasteiger partial charge in [0.05, 0.1) is 6.54 Å². The molecule has 1 saturated heterocycles. The lowest BCUT2D eigenvalue weighted by Crippen LogP contribution is -2.59. The molecule has 1 aliphatic heterocycles. The highest BCUT2D eigenvalue weighted by Crippen LogP contribution is 2.12. The van der Waals surface area contributed by atoms with E-state index in [-0.39, 0.29) is 18.5 Å². The predicted molar refractivity (Wildman–Crippen MR) is 65.4 cm³/mol. The van der Waals surface area contributed by atoms with E-state index in [9.17, 15) is 9.59 Å². The van der Waals surface area contributed by atoms with Crippen LogP contribution in [0.1, 0.15) is 13.8 Å². The van der Waals surface area contributed by atoms with Gasteiger partial charge in [0, 0.05) is 25.7 Å². The van der Waals surface area contributed by atoms with E-state index in [4.69, 9.17) is 15.9 Å². The highest BCUT2D eigenvalue weighted by Gasteiger charge is 2.35. The van der Waals surface area contributed by atoms with Gasteiger partial charge in [-0.1, -0.05) is 13.8 Å². The Bertz CT molecular complexity index is 321. The van der Waals surface area contributed by atoms with Crippen LogP contribution in [-0.2, 0) is 4.79 Å². The topological polar surface area (TPSA) is 107 Å². The molecule has 2 atom stereocenters. The minimum Gasteiger partial charge on any atom is -0.480 e. The lowest BCUT2D eigenvalue weighted by atomic mass is 10.0. The van der Waals surface area contributed by atoms with Crippen LogP contribution in [0.25, 0.3) is 0 Å². The van der Waals surface area contributed by atoms with E-state index in [0.717, 1.165) is 4.90 Å². The summed E-state index contributed by atoms with van der Waals surface area (Å²) in [5.41, 5.74) is 5.94. The Kier molecular flexibility index (Phi) is 4.92. The van der Waals surface area contributed by atoms with Gasteiger partial charge < -0.3 is 20.8 Å². The number of carboxylic acid groups (broad SMARTS) is 2. The van der Waals surface area contributed by atoms with Gasteiger partial charge >= 0.3 is 12.1 Å². The first-order valence-electron chi connectivity index (χ1n) is 6.03. The molecular formula is C11H21N3O4. The molecule has 1 amide bonds. The number of carbonyl (C=O) groups is 2. The van der Waals surface area contributed by atoms with Crippen molar-refractivity contribution >= 4 is 12.1 Å². The van der Waals surface area contributed by atoms with Crippen molar-refractivity contribution in [1.29, 1.82) is 0 Å². The fraction of sp³-hybridized carbons (Fsp3) is 0.818. The van der Waals surface area contributed by atoms with E-state index >= 15 is 0 Å². The first-order valence-corrected chi connectivity index (χ1v) is 6.03. The summed E-state index contributed by atoms with van der Waals surface area (Å²) in [6, 6.07) is -0.914. The van der Waals surface area contributed by atoms with E-state index in [1.54, 1.807) is 4.90 Å². The van der Waals surface area contributed by atoms with Crippen molar-refractivity contribution in [3.05, 3.63) is 0 Å². The van der Waals surface area contributed by atoms with Crippen LogP contribution in [0.4, 0.5) is 4.79 Å². The smallest absolute Gasteiger partial charge is 0.407 e. The number of nitrogens with two attached hydrogens (primary N) is 1. The number of hydrogen-bond donors (Lipinski definition) is 3. The lowest BCUT2D eigenvalue weighted by molar-refractivity contribution is -0.145. The predicted octanol–water partition coefficient (Wildman–Crippen LogP) is -0.281. The zero-order chi connectivity index (χ0) is 13.9. The van der Waals surface area contributed by atoms with Gasteiger partial charge in [-0.05, 0) is 5.92 Å². The third kappa shape index (κ3) is 3.58. The van der Waals surface area contributed by atoms with Crippen LogP contribution in [0, 0.1) is 5.92 Å². The zero-order valence-electron chi connectivity index (χ0n) is 10.7. The highest BCUT2D eigenvalue weighted by atomic mass is 16.4. The maximum atomic E-state index is 11.2. The largest absolute Gasteiger partial charge is 0.480 e. The second kappa shape index (κ2) is 6.01. The first-order chi connectivity index (χ1) is 8.32. The van der Waals surface area contributed by atoms with Gasteiger partial charge in [0.1, 0.15) is 6.04 Å². The maximum absolute atomic E-state index is 11.2. The van der Waals surface area contributed by atoms with Crippen LogP contribution in [-0.4, -0.2) is 70.3 Å². The van der Waals surface area contributed by atoms with E-state index in [1.165, 1.54) is 0 Å². The van der Waals surface area contributed by atoms with Gasteiger partial charge in [-0.3, -0.25) is 9.69 Å². The summed E-state index contributed by atoms with van der Waals surface area (Å²) in [6.07, 6.45) is -1.07. The quantitative estimate of drug-likeness (QED) is 0.641. The van der Waals surface area contributed by atoms with Crippen molar-refractivity contribution < 1.29 is 19.8 Å². The molecule has 0 aromatic carbocycles. The fourth-order valence-electron chi connectivity index (χ4n) is 1.93. The summed E-state index contributed by atoms with van der Waals surface area (Å²) in [4.78, 5) is 24.9. The molecule has 4 N–H and O–H groups in total. The molecule has 104 valence electrons. The van der Waals surface area contributed by atoms with Crippen molar-refractivity contribution in [3.63, 3.8) is 0 Å². The molecule has 0 bridgehead atoms. The summed E-state index contributed by atoms with van der Waals surface area (Å²) in [7, 11) is 0. The Hall–Kier alpha value is -1.34. The second-order valence-corrected chi connectivity index (χ2v) is 4.99. The van der Waals surface area contributed by atoms with Gasteiger partial charge in [0.15, 0.2) is 0 Å². The van der Waals surface area contributed by atoms with Crippen molar-refractivity contribution in [2.24, 2.45) is 11.7 Å². The number of aliphatic carboxylic acids is 1. The molecule has 1 unspecified atom stereocenters. The maximum Gasteiger partial charge on any atom is 0.407 e. The van der Waals surface area contributed by atoms with Crippen LogP contribution in [0.5, 0.6) is 0 Å². The summed E-state index contributed by atoms with van der Waals surface area (Å²) in [6.45, 7) is 5.16. The van der Waals surface area contributed by atoms with E-state index in [0.29, 0.717) is 19.6 Å². The normalized spacial score (nSPS) is 23.1. The molecule has 7 heteroatoms. The average molecular weight is 259 g/mol. The molecule has 7 nitrogen and oxygen atoms in total. The van der Waals surface area contributed by atoms with Crippen molar-refractivity contribution in [2.75, 3.05) is 26.2 Å². The van der Waals surface area contributed by atoms with Crippen molar-refractivity contribution in [3.8, 4) is 0 Å². The van der Waals surface area contributed by atoms with Crippen LogP contribution >= 0.6 is 0 Å². The Morgan fingerprint density at radius 2 is 1.94 bits per heavy atom. The molecule has 1 heterocycles. The van der Waals surface area contributed by atoms with Crippen LogP contribution < -0.4 is 5.73 Å². The minimum atomic E-state index is -1.07. The fourth-order valence-corrected chi connectivity index (χ4v) is 1.93. The number of carboxylic acids is 1. The molecule has 1 fully saturated rings. The van der Waals surface area contributed by atoms with Crippen molar-refractivity contribution in [1.82, 2.24) is 9.80 Å². The van der Waals surface area contributed by atoms with E-state index < -0.39 is 18.1 Å². The third-order valence-electron chi connectivity index (χ3n) is 3.35. The molecule has 0 spiro atoms. The Morgan fingerprint density at radius 3 is 2.39 bits per heavy atom. The highest BCUT2D eigenvalue weighted by molar-refractivity contribution is 5.75. The SMILES string of the molecule is CC(C)C(N)CN1CCN(C(=O)O)C[C@H]1C(=O)O. The monoisotopic (exact) mass is 259 g/mol. The van der Waals surface area contributed by atoms with Crippen molar-refractivity contribution in [2.45, 2.75) is 25.9 Å². The van der Waals surface area contributed by atoms with E-state index in [2.05, 4.69) is 0 Å².